The first kappa shape index (κ1) is 9.44. The van der Waals surface area contributed by atoms with Crippen molar-refractivity contribution in [1.82, 2.24) is 9.78 Å². The first-order chi connectivity index (χ1) is 6.72. The number of aryl methyl sites for hydroxylation is 2. The number of hydrogen-bond donors (Lipinski definition) is 0. The third kappa shape index (κ3) is 1.47. The van der Waals surface area contributed by atoms with Crippen molar-refractivity contribution in [2.24, 2.45) is 5.92 Å². The Balaban J connectivity index is 2.24. The van der Waals surface area contributed by atoms with E-state index in [1.807, 2.05) is 24.6 Å². The molecule has 0 amide bonds. The van der Waals surface area contributed by atoms with Gasteiger partial charge < -0.3 is 0 Å². The van der Waals surface area contributed by atoms with E-state index in [1.165, 1.54) is 6.42 Å². The van der Waals surface area contributed by atoms with Gasteiger partial charge in [0.25, 0.3) is 0 Å². The van der Waals surface area contributed by atoms with Crippen molar-refractivity contribution in [2.75, 3.05) is 0 Å². The maximum absolute atomic E-state index is 12.0. The number of ketones is 1. The predicted octanol–water partition coefficient (Wildman–Crippen LogP) is 2.19. The number of carbonyl (C=O) groups excluding carboxylic acids is 1. The van der Waals surface area contributed by atoms with Crippen molar-refractivity contribution in [3.63, 3.8) is 0 Å². The average Bonchev–Trinajstić information content (AvgIpc) is 2.43. The third-order valence-electron chi connectivity index (χ3n) is 2.93. The van der Waals surface area contributed by atoms with E-state index in [4.69, 9.17) is 0 Å². The quantitative estimate of drug-likeness (QED) is 0.688. The second kappa shape index (κ2) is 3.56. The van der Waals surface area contributed by atoms with E-state index in [1.54, 1.807) is 0 Å². The zero-order valence-electron chi connectivity index (χ0n) is 8.79. The van der Waals surface area contributed by atoms with Crippen molar-refractivity contribution in [3.05, 3.63) is 17.5 Å². The number of aromatic nitrogens is 2. The van der Waals surface area contributed by atoms with Gasteiger partial charge >= 0.3 is 0 Å². The average molecular weight is 192 g/mol. The van der Waals surface area contributed by atoms with Gasteiger partial charge in [-0.2, -0.15) is 5.10 Å². The molecule has 1 fully saturated rings. The normalized spacial score (nSPS) is 16.7. The molecule has 1 aromatic rings. The van der Waals surface area contributed by atoms with E-state index >= 15 is 0 Å². The molecule has 0 atom stereocenters. The van der Waals surface area contributed by atoms with Crippen LogP contribution in [-0.2, 0) is 6.54 Å². The molecule has 0 radical (unpaired) electrons. The standard InChI is InChI=1S/C11H16N2O/c1-3-13-10(7-8(2)12-13)11(14)9-5-4-6-9/h7,9H,3-6H2,1-2H3. The number of Topliss-reactive ketones (excluding diaryl/α,β-unsaturated/α-hetero) is 1. The summed E-state index contributed by atoms with van der Waals surface area (Å²) in [5.41, 5.74) is 1.74. The van der Waals surface area contributed by atoms with Crippen LogP contribution in [-0.4, -0.2) is 15.6 Å². The molecular formula is C11H16N2O. The molecule has 2 rings (SSSR count). The van der Waals surface area contributed by atoms with E-state index in [9.17, 15) is 4.79 Å². The molecular weight excluding hydrogens is 176 g/mol. The van der Waals surface area contributed by atoms with Crippen LogP contribution in [0.15, 0.2) is 6.07 Å². The van der Waals surface area contributed by atoms with Crippen LogP contribution in [0.25, 0.3) is 0 Å². The summed E-state index contributed by atoms with van der Waals surface area (Å²) in [6.45, 7) is 4.73. The lowest BCUT2D eigenvalue weighted by Crippen LogP contribution is -2.24. The van der Waals surface area contributed by atoms with E-state index in [-0.39, 0.29) is 5.92 Å². The third-order valence-corrected chi connectivity index (χ3v) is 2.93. The van der Waals surface area contributed by atoms with Crippen LogP contribution in [0.1, 0.15) is 42.4 Å². The summed E-state index contributed by atoms with van der Waals surface area (Å²) in [6, 6.07) is 1.91. The van der Waals surface area contributed by atoms with Crippen LogP contribution in [0.5, 0.6) is 0 Å². The largest absolute Gasteiger partial charge is 0.292 e. The van der Waals surface area contributed by atoms with Crippen LogP contribution < -0.4 is 0 Å². The molecule has 1 saturated carbocycles. The van der Waals surface area contributed by atoms with Crippen molar-refractivity contribution in [2.45, 2.75) is 39.7 Å². The Kier molecular flexibility index (Phi) is 2.40. The second-order valence-electron chi connectivity index (χ2n) is 3.98. The zero-order valence-corrected chi connectivity index (χ0v) is 8.79. The highest BCUT2D eigenvalue weighted by molar-refractivity contribution is 5.96. The van der Waals surface area contributed by atoms with Gasteiger partial charge in [-0.05, 0) is 32.8 Å². The van der Waals surface area contributed by atoms with E-state index < -0.39 is 0 Å². The van der Waals surface area contributed by atoms with Gasteiger partial charge in [-0.1, -0.05) is 6.42 Å². The topological polar surface area (TPSA) is 34.9 Å². The van der Waals surface area contributed by atoms with Gasteiger partial charge in [-0.3, -0.25) is 9.48 Å². The van der Waals surface area contributed by atoms with Gasteiger partial charge in [0.2, 0.25) is 0 Å². The van der Waals surface area contributed by atoms with Crippen molar-refractivity contribution in [1.29, 1.82) is 0 Å². The van der Waals surface area contributed by atoms with Crippen LogP contribution in [0, 0.1) is 12.8 Å². The Morgan fingerprint density at radius 2 is 2.36 bits per heavy atom. The molecule has 0 spiro atoms. The van der Waals surface area contributed by atoms with Gasteiger partial charge in [0.15, 0.2) is 5.78 Å². The van der Waals surface area contributed by atoms with E-state index in [0.29, 0.717) is 5.78 Å². The Bertz CT molecular complexity index is 350. The number of hydrogen-bond acceptors (Lipinski definition) is 2. The summed E-state index contributed by atoms with van der Waals surface area (Å²) in [5.74, 6) is 0.565. The Hall–Kier alpha value is -1.12. The molecule has 76 valence electrons. The molecule has 0 saturated heterocycles. The Labute approximate surface area is 84.1 Å². The molecule has 1 aliphatic rings. The minimum atomic E-state index is 0.274. The van der Waals surface area contributed by atoms with Gasteiger partial charge in [-0.25, -0.2) is 0 Å². The minimum Gasteiger partial charge on any atom is -0.292 e. The highest BCUT2D eigenvalue weighted by Gasteiger charge is 2.28. The second-order valence-corrected chi connectivity index (χ2v) is 3.98. The smallest absolute Gasteiger partial charge is 0.183 e. The summed E-state index contributed by atoms with van der Waals surface area (Å²) in [7, 11) is 0. The summed E-state index contributed by atoms with van der Waals surface area (Å²) < 4.78 is 1.82. The van der Waals surface area contributed by atoms with E-state index in [2.05, 4.69) is 5.10 Å². The van der Waals surface area contributed by atoms with Crippen molar-refractivity contribution in [3.8, 4) is 0 Å². The minimum absolute atomic E-state index is 0.274. The highest BCUT2D eigenvalue weighted by Crippen LogP contribution is 2.29. The van der Waals surface area contributed by atoms with Crippen molar-refractivity contribution < 1.29 is 4.79 Å². The Morgan fingerprint density at radius 3 is 2.86 bits per heavy atom. The first-order valence-electron chi connectivity index (χ1n) is 5.31. The Morgan fingerprint density at radius 1 is 1.64 bits per heavy atom. The molecule has 1 aromatic heterocycles. The molecule has 0 N–H and O–H groups in total. The fourth-order valence-corrected chi connectivity index (χ4v) is 1.86. The summed E-state index contributed by atoms with van der Waals surface area (Å²) in [5, 5.41) is 4.29. The van der Waals surface area contributed by atoms with Gasteiger partial charge in [-0.15, -0.1) is 0 Å². The van der Waals surface area contributed by atoms with Gasteiger partial charge in [0.1, 0.15) is 5.69 Å². The molecule has 14 heavy (non-hydrogen) atoms. The maximum Gasteiger partial charge on any atom is 0.183 e. The molecule has 0 aliphatic heterocycles. The van der Waals surface area contributed by atoms with Crippen LogP contribution in [0.3, 0.4) is 0 Å². The highest BCUT2D eigenvalue weighted by atomic mass is 16.1. The maximum atomic E-state index is 12.0. The molecule has 1 heterocycles. The number of carbonyl (C=O) groups is 1. The molecule has 0 unspecified atom stereocenters. The molecule has 1 aliphatic carbocycles. The van der Waals surface area contributed by atoms with Gasteiger partial charge in [0.05, 0.1) is 5.69 Å². The van der Waals surface area contributed by atoms with Crippen LogP contribution >= 0.6 is 0 Å². The van der Waals surface area contributed by atoms with Crippen molar-refractivity contribution >= 4 is 5.78 Å². The number of rotatable bonds is 3. The summed E-state index contributed by atoms with van der Waals surface area (Å²) in [4.78, 5) is 12.0. The van der Waals surface area contributed by atoms with E-state index in [0.717, 1.165) is 30.8 Å². The lowest BCUT2D eigenvalue weighted by atomic mass is 9.81. The predicted molar refractivity (Wildman–Crippen MR) is 54.3 cm³/mol. The van der Waals surface area contributed by atoms with Gasteiger partial charge in [0, 0.05) is 12.5 Å². The lowest BCUT2D eigenvalue weighted by molar-refractivity contribution is 0.0844. The van der Waals surface area contributed by atoms with Crippen LogP contribution in [0.2, 0.25) is 0 Å². The zero-order chi connectivity index (χ0) is 10.1. The van der Waals surface area contributed by atoms with Crippen LogP contribution in [0.4, 0.5) is 0 Å². The molecule has 0 bridgehead atoms. The fourth-order valence-electron chi connectivity index (χ4n) is 1.86. The first-order valence-corrected chi connectivity index (χ1v) is 5.31. The molecule has 3 heteroatoms. The number of nitrogens with zero attached hydrogens (tertiary/aromatic N) is 2. The molecule has 3 nitrogen and oxygen atoms in total. The fraction of sp³-hybridized carbons (Fsp3) is 0.636. The monoisotopic (exact) mass is 192 g/mol. The lowest BCUT2D eigenvalue weighted by Gasteiger charge is -2.23. The summed E-state index contributed by atoms with van der Waals surface area (Å²) >= 11 is 0. The molecule has 0 aromatic carbocycles. The SMILES string of the molecule is CCn1nc(C)cc1C(=O)C1CCC1. The summed E-state index contributed by atoms with van der Waals surface area (Å²) in [6.07, 6.45) is 3.33.